The molecule has 0 atom stereocenters. The standard InChI is InChI=1S/C16H11N5O3/c22-13-8-10(9-4-1-2-5-11(9)17-13)15(23)19-16-18-14(20-21-16)12-6-3-7-24-12/h1-8H,(H,17,22)(H2,18,19,20,21,23). The topological polar surface area (TPSA) is 117 Å². The quantitative estimate of drug-likeness (QED) is 0.534. The molecule has 4 aromatic rings. The number of carbonyl (C=O) groups excluding carboxylic acids is 1. The van der Waals surface area contributed by atoms with Gasteiger partial charge in [0.15, 0.2) is 11.6 Å². The van der Waals surface area contributed by atoms with E-state index in [1.165, 1.54) is 12.3 Å². The number of anilines is 1. The lowest BCUT2D eigenvalue weighted by Gasteiger charge is -2.05. The van der Waals surface area contributed by atoms with Gasteiger partial charge in [-0.2, -0.15) is 4.98 Å². The van der Waals surface area contributed by atoms with Crippen LogP contribution in [0.2, 0.25) is 0 Å². The highest BCUT2D eigenvalue weighted by molar-refractivity contribution is 6.11. The summed E-state index contributed by atoms with van der Waals surface area (Å²) in [7, 11) is 0. The van der Waals surface area contributed by atoms with Crippen molar-refractivity contribution in [3.05, 3.63) is 64.6 Å². The summed E-state index contributed by atoms with van der Waals surface area (Å²) < 4.78 is 5.20. The molecule has 0 spiro atoms. The third-order valence-corrected chi connectivity index (χ3v) is 3.46. The van der Waals surface area contributed by atoms with Gasteiger partial charge in [-0.05, 0) is 18.2 Å². The molecular formula is C16H11N5O3. The Morgan fingerprint density at radius 3 is 2.88 bits per heavy atom. The Labute approximate surface area is 134 Å². The number of pyridine rings is 1. The van der Waals surface area contributed by atoms with E-state index >= 15 is 0 Å². The molecule has 8 heteroatoms. The summed E-state index contributed by atoms with van der Waals surface area (Å²) in [5, 5.41) is 9.81. The number of aromatic amines is 2. The van der Waals surface area contributed by atoms with Crippen molar-refractivity contribution < 1.29 is 9.21 Å². The van der Waals surface area contributed by atoms with Crippen molar-refractivity contribution in [2.45, 2.75) is 0 Å². The first-order valence-corrected chi connectivity index (χ1v) is 7.10. The number of fused-ring (bicyclic) bond motifs is 1. The van der Waals surface area contributed by atoms with Crippen molar-refractivity contribution in [1.29, 1.82) is 0 Å². The molecule has 8 nitrogen and oxygen atoms in total. The van der Waals surface area contributed by atoms with Crippen LogP contribution in [-0.4, -0.2) is 26.1 Å². The zero-order valence-electron chi connectivity index (χ0n) is 12.2. The van der Waals surface area contributed by atoms with Crippen LogP contribution < -0.4 is 10.9 Å². The maximum Gasteiger partial charge on any atom is 0.258 e. The molecule has 0 fully saturated rings. The molecule has 0 unspecified atom stereocenters. The fourth-order valence-electron chi connectivity index (χ4n) is 2.40. The van der Waals surface area contributed by atoms with Gasteiger partial charge in [-0.1, -0.05) is 18.2 Å². The zero-order valence-corrected chi connectivity index (χ0v) is 12.2. The number of hydrogen-bond donors (Lipinski definition) is 3. The number of nitrogens with one attached hydrogen (secondary N) is 3. The summed E-state index contributed by atoms with van der Waals surface area (Å²) >= 11 is 0. The van der Waals surface area contributed by atoms with E-state index in [1.807, 2.05) is 0 Å². The maximum atomic E-state index is 12.5. The predicted molar refractivity (Wildman–Crippen MR) is 86.6 cm³/mol. The fraction of sp³-hybridized carbons (Fsp3) is 0. The monoisotopic (exact) mass is 321 g/mol. The molecule has 0 saturated carbocycles. The first kappa shape index (κ1) is 13.9. The molecule has 0 bridgehead atoms. The molecule has 1 aromatic carbocycles. The van der Waals surface area contributed by atoms with E-state index in [2.05, 4.69) is 25.5 Å². The van der Waals surface area contributed by atoms with Crippen molar-refractivity contribution in [2.24, 2.45) is 0 Å². The van der Waals surface area contributed by atoms with Crippen LogP contribution in [0.4, 0.5) is 5.95 Å². The van der Waals surface area contributed by atoms with E-state index in [-0.39, 0.29) is 17.1 Å². The van der Waals surface area contributed by atoms with E-state index in [1.54, 1.807) is 36.4 Å². The fourth-order valence-corrected chi connectivity index (χ4v) is 2.40. The third kappa shape index (κ3) is 2.45. The molecule has 0 aliphatic heterocycles. The molecule has 0 saturated heterocycles. The number of nitrogens with zero attached hydrogens (tertiary/aromatic N) is 2. The van der Waals surface area contributed by atoms with Gasteiger partial charge < -0.3 is 9.40 Å². The van der Waals surface area contributed by atoms with Crippen LogP contribution in [0.5, 0.6) is 0 Å². The number of aromatic nitrogens is 4. The summed E-state index contributed by atoms with van der Waals surface area (Å²) in [6.07, 6.45) is 1.51. The van der Waals surface area contributed by atoms with Crippen LogP contribution in [0, 0.1) is 0 Å². The van der Waals surface area contributed by atoms with Gasteiger partial charge in [0.25, 0.3) is 5.91 Å². The first-order valence-electron chi connectivity index (χ1n) is 7.10. The van der Waals surface area contributed by atoms with Crippen LogP contribution in [0.15, 0.2) is 57.9 Å². The molecule has 1 amide bonds. The van der Waals surface area contributed by atoms with E-state index in [0.717, 1.165) is 0 Å². The molecule has 0 aliphatic carbocycles. The van der Waals surface area contributed by atoms with Crippen molar-refractivity contribution in [1.82, 2.24) is 20.2 Å². The van der Waals surface area contributed by atoms with Crippen LogP contribution in [-0.2, 0) is 0 Å². The van der Waals surface area contributed by atoms with E-state index in [9.17, 15) is 9.59 Å². The summed E-state index contributed by atoms with van der Waals surface area (Å²) in [5.74, 6) is 0.522. The van der Waals surface area contributed by atoms with Crippen molar-refractivity contribution >= 4 is 22.8 Å². The number of benzene rings is 1. The van der Waals surface area contributed by atoms with Gasteiger partial charge in [0.1, 0.15) is 0 Å². The second kappa shape index (κ2) is 5.51. The van der Waals surface area contributed by atoms with Crippen molar-refractivity contribution in [3.8, 4) is 11.6 Å². The molecule has 3 N–H and O–H groups in total. The minimum atomic E-state index is -0.470. The SMILES string of the molecule is O=C(Nc1n[nH]c(-c2ccco2)n1)c1cc(=O)[nH]c2ccccc12. The minimum Gasteiger partial charge on any atom is -0.461 e. The second-order valence-electron chi connectivity index (χ2n) is 5.03. The zero-order chi connectivity index (χ0) is 16.5. The van der Waals surface area contributed by atoms with E-state index in [0.29, 0.717) is 22.5 Å². The smallest absolute Gasteiger partial charge is 0.258 e. The summed E-state index contributed by atoms with van der Waals surface area (Å²) in [6.45, 7) is 0. The second-order valence-corrected chi connectivity index (χ2v) is 5.03. The lowest BCUT2D eigenvalue weighted by Crippen LogP contribution is -2.17. The lowest BCUT2D eigenvalue weighted by molar-refractivity contribution is 0.102. The Balaban J connectivity index is 1.67. The lowest BCUT2D eigenvalue weighted by atomic mass is 10.1. The van der Waals surface area contributed by atoms with Gasteiger partial charge in [0, 0.05) is 17.0 Å². The van der Waals surface area contributed by atoms with Crippen LogP contribution in [0.3, 0.4) is 0 Å². The van der Waals surface area contributed by atoms with Gasteiger partial charge in [0.2, 0.25) is 11.5 Å². The number of para-hydroxylation sites is 1. The average Bonchev–Trinajstić information content (AvgIpc) is 3.25. The van der Waals surface area contributed by atoms with Crippen LogP contribution in [0.25, 0.3) is 22.5 Å². The number of carbonyl (C=O) groups is 1. The molecule has 0 aliphatic rings. The first-order chi connectivity index (χ1) is 11.7. The Bertz CT molecular complexity index is 1080. The van der Waals surface area contributed by atoms with Gasteiger partial charge in [-0.25, -0.2) is 0 Å². The normalized spacial score (nSPS) is 10.8. The maximum absolute atomic E-state index is 12.5. The predicted octanol–water partition coefficient (Wildman–Crippen LogP) is 2.16. The highest BCUT2D eigenvalue weighted by atomic mass is 16.3. The highest BCUT2D eigenvalue weighted by Gasteiger charge is 2.15. The van der Waals surface area contributed by atoms with Crippen LogP contribution in [0.1, 0.15) is 10.4 Å². The van der Waals surface area contributed by atoms with Crippen LogP contribution >= 0.6 is 0 Å². The third-order valence-electron chi connectivity index (χ3n) is 3.46. The number of furan rings is 1. The summed E-state index contributed by atoms with van der Waals surface area (Å²) in [6, 6.07) is 11.7. The molecular weight excluding hydrogens is 310 g/mol. The molecule has 0 radical (unpaired) electrons. The molecule has 3 heterocycles. The molecule has 3 aromatic heterocycles. The number of rotatable bonds is 3. The number of H-pyrrole nitrogens is 2. The van der Waals surface area contributed by atoms with Crippen molar-refractivity contribution in [2.75, 3.05) is 5.32 Å². The van der Waals surface area contributed by atoms with Gasteiger partial charge in [0.05, 0.1) is 11.8 Å². The van der Waals surface area contributed by atoms with Gasteiger partial charge in [-0.15, -0.1) is 5.10 Å². The Morgan fingerprint density at radius 1 is 1.17 bits per heavy atom. The van der Waals surface area contributed by atoms with Gasteiger partial charge >= 0.3 is 0 Å². The summed E-state index contributed by atoms with van der Waals surface area (Å²) in [5.41, 5.74) is 0.477. The summed E-state index contributed by atoms with van der Waals surface area (Å²) in [4.78, 5) is 31.1. The Morgan fingerprint density at radius 2 is 2.04 bits per heavy atom. The van der Waals surface area contributed by atoms with Crippen molar-refractivity contribution in [3.63, 3.8) is 0 Å². The highest BCUT2D eigenvalue weighted by Crippen LogP contribution is 2.18. The Hall–Kier alpha value is -3.68. The average molecular weight is 321 g/mol. The van der Waals surface area contributed by atoms with E-state index in [4.69, 9.17) is 4.42 Å². The van der Waals surface area contributed by atoms with E-state index < -0.39 is 5.91 Å². The Kier molecular flexibility index (Phi) is 3.20. The largest absolute Gasteiger partial charge is 0.461 e. The van der Waals surface area contributed by atoms with Gasteiger partial charge in [-0.3, -0.25) is 20.0 Å². The molecule has 118 valence electrons. The molecule has 24 heavy (non-hydrogen) atoms. The number of amides is 1. The number of hydrogen-bond acceptors (Lipinski definition) is 5. The molecule has 4 rings (SSSR count). The minimum absolute atomic E-state index is 0.0933.